The minimum absolute atomic E-state index is 0.335. The predicted octanol–water partition coefficient (Wildman–Crippen LogP) is 2.60. The molecule has 76 valence electrons. The highest BCUT2D eigenvalue weighted by Crippen LogP contribution is 2.46. The second kappa shape index (κ2) is 3.74. The summed E-state index contributed by atoms with van der Waals surface area (Å²) in [4.78, 5) is 0. The Balaban J connectivity index is 2.08. The van der Waals surface area contributed by atoms with Crippen molar-refractivity contribution < 1.29 is 0 Å². The molecule has 0 aromatic heterocycles. The lowest BCUT2D eigenvalue weighted by Crippen LogP contribution is -2.31. The fraction of sp³-hybridized carbons (Fsp3) is 0.538. The van der Waals surface area contributed by atoms with Crippen LogP contribution in [0.1, 0.15) is 25.3 Å². The van der Waals surface area contributed by atoms with Gasteiger partial charge < -0.3 is 5.73 Å². The molecule has 0 radical (unpaired) electrons. The molecule has 1 aromatic carbocycles. The molecule has 14 heavy (non-hydrogen) atoms. The van der Waals surface area contributed by atoms with Gasteiger partial charge in [-0.05, 0) is 42.7 Å². The van der Waals surface area contributed by atoms with Crippen LogP contribution < -0.4 is 5.73 Å². The zero-order chi connectivity index (χ0) is 10.0. The first-order valence-corrected chi connectivity index (χ1v) is 5.48. The van der Waals surface area contributed by atoms with E-state index in [1.165, 1.54) is 18.4 Å². The molecule has 0 saturated heterocycles. The molecule has 1 atom stereocenters. The van der Waals surface area contributed by atoms with E-state index in [1.807, 2.05) is 0 Å². The van der Waals surface area contributed by atoms with Gasteiger partial charge in [0.15, 0.2) is 0 Å². The predicted molar refractivity (Wildman–Crippen MR) is 60.0 cm³/mol. The molecule has 1 unspecified atom stereocenters. The molecule has 2 N–H and O–H groups in total. The van der Waals surface area contributed by atoms with Crippen LogP contribution in [-0.4, -0.2) is 6.54 Å². The second-order valence-corrected chi connectivity index (χ2v) is 4.79. The van der Waals surface area contributed by atoms with Crippen molar-refractivity contribution in [3.8, 4) is 0 Å². The Morgan fingerprint density at radius 3 is 2.43 bits per heavy atom. The van der Waals surface area contributed by atoms with Gasteiger partial charge in [0.2, 0.25) is 0 Å². The quantitative estimate of drug-likeness (QED) is 0.774. The molecule has 0 amide bonds. The van der Waals surface area contributed by atoms with E-state index in [0.29, 0.717) is 5.41 Å². The van der Waals surface area contributed by atoms with Crippen molar-refractivity contribution in [1.29, 1.82) is 0 Å². The highest BCUT2D eigenvalue weighted by molar-refractivity contribution is 5.17. The maximum Gasteiger partial charge on any atom is -0.00173 e. The molecule has 0 spiro atoms. The fourth-order valence-electron chi connectivity index (χ4n) is 2.23. The van der Waals surface area contributed by atoms with Gasteiger partial charge in [0.25, 0.3) is 0 Å². The van der Waals surface area contributed by atoms with E-state index in [1.54, 1.807) is 0 Å². The van der Waals surface area contributed by atoms with Gasteiger partial charge in [-0.2, -0.15) is 0 Å². The lowest BCUT2D eigenvalue weighted by molar-refractivity contribution is 0.282. The third-order valence-electron chi connectivity index (χ3n) is 3.48. The van der Waals surface area contributed by atoms with Crippen molar-refractivity contribution >= 4 is 0 Å². The maximum absolute atomic E-state index is 5.90. The normalized spacial score (nSPS) is 20.4. The fourth-order valence-corrected chi connectivity index (χ4v) is 2.23. The standard InChI is InChI=1S/C13H19N/c1-13(10-14,12-7-8-12)9-11-5-3-2-4-6-11/h2-6,12H,7-10,14H2,1H3. The largest absolute Gasteiger partial charge is 0.330 e. The summed E-state index contributed by atoms with van der Waals surface area (Å²) in [5.74, 6) is 0.868. The van der Waals surface area contributed by atoms with E-state index in [4.69, 9.17) is 5.73 Å². The van der Waals surface area contributed by atoms with E-state index in [0.717, 1.165) is 18.9 Å². The van der Waals surface area contributed by atoms with Crippen molar-refractivity contribution in [1.82, 2.24) is 0 Å². The van der Waals surface area contributed by atoms with Crippen molar-refractivity contribution in [3.63, 3.8) is 0 Å². The molecular weight excluding hydrogens is 170 g/mol. The van der Waals surface area contributed by atoms with Crippen molar-refractivity contribution in [2.75, 3.05) is 6.54 Å². The first-order valence-electron chi connectivity index (χ1n) is 5.48. The van der Waals surface area contributed by atoms with Crippen molar-refractivity contribution in [2.45, 2.75) is 26.2 Å². The van der Waals surface area contributed by atoms with Gasteiger partial charge in [0.1, 0.15) is 0 Å². The third-order valence-corrected chi connectivity index (χ3v) is 3.48. The minimum Gasteiger partial charge on any atom is -0.330 e. The summed E-state index contributed by atoms with van der Waals surface area (Å²) < 4.78 is 0. The zero-order valence-corrected chi connectivity index (χ0v) is 8.87. The average Bonchev–Trinajstić information content (AvgIpc) is 3.03. The number of hydrogen-bond donors (Lipinski definition) is 1. The van der Waals surface area contributed by atoms with Crippen LogP contribution in [0.15, 0.2) is 30.3 Å². The van der Waals surface area contributed by atoms with Gasteiger partial charge >= 0.3 is 0 Å². The Kier molecular flexibility index (Phi) is 2.60. The first kappa shape index (κ1) is 9.72. The number of rotatable bonds is 4. The summed E-state index contributed by atoms with van der Waals surface area (Å²) in [5, 5.41) is 0. The van der Waals surface area contributed by atoms with Crippen molar-refractivity contribution in [3.05, 3.63) is 35.9 Å². The molecule has 1 saturated carbocycles. The smallest absolute Gasteiger partial charge is 0.00173 e. The van der Waals surface area contributed by atoms with Crippen LogP contribution in [0.25, 0.3) is 0 Å². The van der Waals surface area contributed by atoms with Crippen LogP contribution in [0.5, 0.6) is 0 Å². The SMILES string of the molecule is CC(CN)(Cc1ccccc1)C1CC1. The first-order chi connectivity index (χ1) is 6.74. The molecule has 1 aliphatic rings. The molecule has 1 aromatic rings. The topological polar surface area (TPSA) is 26.0 Å². The second-order valence-electron chi connectivity index (χ2n) is 4.79. The van der Waals surface area contributed by atoms with Gasteiger partial charge in [-0.25, -0.2) is 0 Å². The molecule has 2 rings (SSSR count). The number of nitrogens with two attached hydrogens (primary N) is 1. The van der Waals surface area contributed by atoms with E-state index < -0.39 is 0 Å². The number of benzene rings is 1. The lowest BCUT2D eigenvalue weighted by atomic mass is 9.79. The van der Waals surface area contributed by atoms with Crippen LogP contribution in [0.4, 0.5) is 0 Å². The van der Waals surface area contributed by atoms with Gasteiger partial charge in [0, 0.05) is 0 Å². The van der Waals surface area contributed by atoms with Crippen LogP contribution in [0.3, 0.4) is 0 Å². The van der Waals surface area contributed by atoms with E-state index in [9.17, 15) is 0 Å². The minimum atomic E-state index is 0.335. The van der Waals surface area contributed by atoms with Gasteiger partial charge in [-0.1, -0.05) is 37.3 Å². The Labute approximate surface area is 86.3 Å². The van der Waals surface area contributed by atoms with Crippen LogP contribution >= 0.6 is 0 Å². The molecule has 1 heteroatoms. The lowest BCUT2D eigenvalue weighted by Gasteiger charge is -2.28. The summed E-state index contributed by atoms with van der Waals surface area (Å²) >= 11 is 0. The van der Waals surface area contributed by atoms with Crippen LogP contribution in [-0.2, 0) is 6.42 Å². The van der Waals surface area contributed by atoms with E-state index >= 15 is 0 Å². The molecule has 0 heterocycles. The van der Waals surface area contributed by atoms with Gasteiger partial charge in [-0.15, -0.1) is 0 Å². The summed E-state index contributed by atoms with van der Waals surface area (Å²) in [6.07, 6.45) is 3.88. The maximum atomic E-state index is 5.90. The van der Waals surface area contributed by atoms with E-state index in [-0.39, 0.29) is 0 Å². The van der Waals surface area contributed by atoms with Crippen LogP contribution in [0, 0.1) is 11.3 Å². The highest BCUT2D eigenvalue weighted by Gasteiger charge is 2.40. The molecular formula is C13H19N. The van der Waals surface area contributed by atoms with Crippen LogP contribution in [0.2, 0.25) is 0 Å². The highest BCUT2D eigenvalue weighted by atomic mass is 14.6. The average molecular weight is 189 g/mol. The third kappa shape index (κ3) is 1.98. The Morgan fingerprint density at radius 2 is 1.93 bits per heavy atom. The Hall–Kier alpha value is -0.820. The molecule has 0 aliphatic heterocycles. The monoisotopic (exact) mass is 189 g/mol. The zero-order valence-electron chi connectivity index (χ0n) is 8.87. The summed E-state index contributed by atoms with van der Waals surface area (Å²) in [7, 11) is 0. The summed E-state index contributed by atoms with van der Waals surface area (Å²) in [6, 6.07) is 10.7. The van der Waals surface area contributed by atoms with E-state index in [2.05, 4.69) is 37.3 Å². The van der Waals surface area contributed by atoms with Gasteiger partial charge in [-0.3, -0.25) is 0 Å². The molecule has 1 aliphatic carbocycles. The Bertz CT molecular complexity index is 289. The summed E-state index contributed by atoms with van der Waals surface area (Å²) in [6.45, 7) is 3.14. The van der Waals surface area contributed by atoms with Crippen molar-refractivity contribution in [2.24, 2.45) is 17.1 Å². The molecule has 1 nitrogen and oxygen atoms in total. The van der Waals surface area contributed by atoms with Gasteiger partial charge in [0.05, 0.1) is 0 Å². The molecule has 1 fully saturated rings. The molecule has 0 bridgehead atoms. The number of hydrogen-bond acceptors (Lipinski definition) is 1. The summed E-state index contributed by atoms with van der Waals surface area (Å²) in [5.41, 5.74) is 7.65. The Morgan fingerprint density at radius 1 is 1.29 bits per heavy atom.